The Morgan fingerprint density at radius 2 is 2.30 bits per heavy atom. The summed E-state index contributed by atoms with van der Waals surface area (Å²) in [7, 11) is 3.17. The first-order valence-corrected chi connectivity index (χ1v) is 10.6. The van der Waals surface area contributed by atoms with Gasteiger partial charge in [0.25, 0.3) is 5.56 Å². The summed E-state index contributed by atoms with van der Waals surface area (Å²) in [4.78, 5) is 12.3. The second kappa shape index (κ2) is 7.33. The Hall–Kier alpha value is -1.58. The Kier molecular flexibility index (Phi) is 5.66. The highest BCUT2D eigenvalue weighted by Gasteiger charge is 2.17. The van der Waals surface area contributed by atoms with Crippen molar-refractivity contribution >= 4 is 52.1 Å². The van der Waals surface area contributed by atoms with Crippen molar-refractivity contribution in [2.45, 2.75) is 6.61 Å². The van der Waals surface area contributed by atoms with E-state index in [0.717, 1.165) is 0 Å². The van der Waals surface area contributed by atoms with Crippen LogP contribution in [0.2, 0.25) is 0 Å². The van der Waals surface area contributed by atoms with E-state index in [4.69, 9.17) is 16.2 Å². The van der Waals surface area contributed by atoms with E-state index < -0.39 is 0 Å². The van der Waals surface area contributed by atoms with Crippen LogP contribution in [0.4, 0.5) is 5.82 Å². The Morgan fingerprint density at radius 1 is 1.61 bits per heavy atom. The van der Waals surface area contributed by atoms with Gasteiger partial charge >= 0.3 is 0 Å². The second-order valence-electron chi connectivity index (χ2n) is 4.75. The van der Waals surface area contributed by atoms with Crippen molar-refractivity contribution in [3.63, 3.8) is 0 Å². The zero-order chi connectivity index (χ0) is 17.1. The molecular formula is C13H18IN6O2P. The number of aromatic nitrogens is 4. The van der Waals surface area contributed by atoms with Gasteiger partial charge in [0.1, 0.15) is 5.82 Å². The number of nitrogen functional groups attached to an aromatic ring is 1. The van der Waals surface area contributed by atoms with E-state index in [2.05, 4.69) is 38.8 Å². The third-order valence-corrected chi connectivity index (χ3v) is 5.13. The number of hydrogen-bond acceptors (Lipinski definition) is 5. The third-order valence-electron chi connectivity index (χ3n) is 3.26. The quantitative estimate of drug-likeness (QED) is 0.458. The molecule has 0 aliphatic heterocycles. The van der Waals surface area contributed by atoms with Crippen molar-refractivity contribution in [1.82, 2.24) is 19.3 Å². The van der Waals surface area contributed by atoms with Gasteiger partial charge in [0.15, 0.2) is 0 Å². The summed E-state index contributed by atoms with van der Waals surface area (Å²) in [5.41, 5.74) is 14.6. The predicted octanol–water partition coefficient (Wildman–Crippen LogP) is 1.53. The molecule has 2 aromatic rings. The van der Waals surface area contributed by atoms with E-state index in [1.165, 1.54) is 4.68 Å². The number of H-pyrrole nitrogens is 1. The number of ether oxygens (including phenoxy) is 1. The van der Waals surface area contributed by atoms with Crippen LogP contribution in [-0.2, 0) is 18.4 Å². The molecule has 0 fully saturated rings. The molecule has 124 valence electrons. The first-order chi connectivity index (χ1) is 10.9. The third kappa shape index (κ3) is 3.36. The van der Waals surface area contributed by atoms with E-state index in [-0.39, 0.29) is 12.2 Å². The number of rotatable bonds is 6. The number of nitrogens with two attached hydrogens (primary N) is 2. The van der Waals surface area contributed by atoms with Crippen molar-refractivity contribution in [1.29, 1.82) is 0 Å². The molecule has 10 heteroatoms. The number of aromatic amines is 1. The maximum Gasteiger partial charge on any atom is 0.275 e. The summed E-state index contributed by atoms with van der Waals surface area (Å²) >= 11 is 2.18. The summed E-state index contributed by atoms with van der Waals surface area (Å²) in [6.07, 6.45) is 3.61. The van der Waals surface area contributed by atoms with Crippen molar-refractivity contribution in [2.24, 2.45) is 12.8 Å². The van der Waals surface area contributed by atoms with Crippen LogP contribution in [0, 0.1) is 0 Å². The fourth-order valence-electron chi connectivity index (χ4n) is 2.20. The Morgan fingerprint density at radius 3 is 2.87 bits per heavy atom. The van der Waals surface area contributed by atoms with Crippen LogP contribution < -0.4 is 17.0 Å². The molecule has 0 bridgehead atoms. The fourth-order valence-corrected chi connectivity index (χ4v) is 3.66. The predicted molar refractivity (Wildman–Crippen MR) is 103 cm³/mol. The van der Waals surface area contributed by atoms with E-state index >= 15 is 0 Å². The van der Waals surface area contributed by atoms with E-state index in [0.29, 0.717) is 40.4 Å². The molecule has 0 amide bonds. The van der Waals surface area contributed by atoms with Crippen LogP contribution in [0.3, 0.4) is 0 Å². The lowest BCUT2D eigenvalue weighted by Crippen LogP contribution is -2.17. The van der Waals surface area contributed by atoms with Crippen LogP contribution in [-0.4, -0.2) is 26.4 Å². The fraction of sp³-hybridized carbons (Fsp3) is 0.231. The molecule has 23 heavy (non-hydrogen) atoms. The van der Waals surface area contributed by atoms with Crippen molar-refractivity contribution in [3.05, 3.63) is 39.4 Å². The normalized spacial score (nSPS) is 12.4. The van der Waals surface area contributed by atoms with E-state index in [1.54, 1.807) is 30.8 Å². The Bertz CT molecular complexity index is 819. The number of nitrogens with zero attached hydrogens (tertiary/aromatic N) is 3. The van der Waals surface area contributed by atoms with E-state index in [9.17, 15) is 4.79 Å². The lowest BCUT2D eigenvalue weighted by molar-refractivity contribution is 0.180. The molecule has 2 rings (SSSR count). The number of hydrogen-bond donors (Lipinski definition) is 3. The van der Waals surface area contributed by atoms with Gasteiger partial charge in [-0.25, -0.2) is 4.45 Å². The minimum atomic E-state index is -0.229. The zero-order valence-electron chi connectivity index (χ0n) is 12.8. The number of anilines is 1. The molecule has 2 heterocycles. The van der Waals surface area contributed by atoms with Crippen LogP contribution in [0.25, 0.3) is 17.8 Å². The lowest BCUT2D eigenvalue weighted by Gasteiger charge is -2.03. The van der Waals surface area contributed by atoms with Crippen LogP contribution >= 0.6 is 28.4 Å². The van der Waals surface area contributed by atoms with Gasteiger partial charge in [0.05, 0.1) is 29.9 Å². The molecule has 0 spiro atoms. The highest BCUT2D eigenvalue weighted by Crippen LogP contribution is 2.32. The zero-order valence-corrected chi connectivity index (χ0v) is 15.9. The smallest absolute Gasteiger partial charge is 0.275 e. The number of aryl methyl sites for hydroxylation is 1. The van der Waals surface area contributed by atoms with E-state index in [1.807, 2.05) is 0 Å². The number of methoxy groups -OCH3 is 1. The topological polar surface area (TPSA) is 117 Å². The molecule has 0 aromatic carbocycles. The molecule has 0 radical (unpaired) electrons. The summed E-state index contributed by atoms with van der Waals surface area (Å²) < 4.78 is 8.13. The highest BCUT2D eigenvalue weighted by molar-refractivity contribution is 14.2. The van der Waals surface area contributed by atoms with Crippen molar-refractivity contribution < 1.29 is 4.74 Å². The van der Waals surface area contributed by atoms with Crippen LogP contribution in [0.5, 0.6) is 0 Å². The molecular weight excluding hydrogens is 430 g/mol. The molecule has 0 aliphatic carbocycles. The average Bonchev–Trinajstić information content (AvgIpc) is 2.97. The standard InChI is InChI=1S/C13H18IN6O2P/c1-4-9-7(12(16)20(18-9)23-14)5-8(15)11-10(6-22-3)17-19(2)13(11)21/h4-5,17,23H,1,6,15-16H2,2-3H3/b8-5-. The van der Waals surface area contributed by atoms with Gasteiger partial charge in [-0.05, 0) is 34.2 Å². The molecule has 2 aromatic heterocycles. The Balaban J connectivity index is 2.59. The van der Waals surface area contributed by atoms with Crippen LogP contribution in [0.15, 0.2) is 11.4 Å². The van der Waals surface area contributed by atoms with Gasteiger partial charge in [-0.2, -0.15) is 5.10 Å². The van der Waals surface area contributed by atoms with Gasteiger partial charge in [0.2, 0.25) is 0 Å². The maximum atomic E-state index is 12.3. The highest BCUT2D eigenvalue weighted by atomic mass is 127. The van der Waals surface area contributed by atoms with Gasteiger partial charge < -0.3 is 16.2 Å². The summed E-state index contributed by atoms with van der Waals surface area (Å²) in [6.45, 7) is 3.98. The van der Waals surface area contributed by atoms with Crippen molar-refractivity contribution in [3.8, 4) is 0 Å². The molecule has 5 N–H and O–H groups in total. The maximum absolute atomic E-state index is 12.3. The second-order valence-corrected chi connectivity index (χ2v) is 6.79. The van der Waals surface area contributed by atoms with Crippen LogP contribution in [0.1, 0.15) is 22.5 Å². The first-order valence-electron chi connectivity index (χ1n) is 6.56. The number of nitrogens with one attached hydrogen (secondary N) is 1. The largest absolute Gasteiger partial charge is 0.398 e. The minimum absolute atomic E-state index is 0.229. The minimum Gasteiger partial charge on any atom is -0.398 e. The van der Waals surface area contributed by atoms with Gasteiger partial charge in [-0.1, -0.05) is 6.58 Å². The molecule has 8 nitrogen and oxygen atoms in total. The van der Waals surface area contributed by atoms with Gasteiger partial charge in [-0.3, -0.25) is 14.6 Å². The Labute approximate surface area is 147 Å². The molecule has 0 aliphatic rings. The molecule has 1 unspecified atom stereocenters. The molecule has 1 atom stereocenters. The average molecular weight is 448 g/mol. The monoisotopic (exact) mass is 448 g/mol. The summed E-state index contributed by atoms with van der Waals surface area (Å²) in [5.74, 6) is 0.483. The lowest BCUT2D eigenvalue weighted by atomic mass is 10.1. The molecule has 0 saturated carbocycles. The number of halogens is 1. The SMILES string of the molecule is C=Cc1nn(PI)c(N)c1/C=C(\N)c1c(COC)[nH]n(C)c1=O. The first kappa shape index (κ1) is 17.8. The molecule has 0 saturated heterocycles. The van der Waals surface area contributed by atoms with Crippen molar-refractivity contribution in [2.75, 3.05) is 12.8 Å². The van der Waals surface area contributed by atoms with Gasteiger partial charge in [0, 0.05) is 25.4 Å². The summed E-state index contributed by atoms with van der Waals surface area (Å²) in [5, 5.41) is 7.27. The van der Waals surface area contributed by atoms with Gasteiger partial charge in [-0.15, -0.1) is 0 Å². The summed E-state index contributed by atoms with van der Waals surface area (Å²) in [6, 6.07) is 0.